The Morgan fingerprint density at radius 3 is 2.57 bits per heavy atom. The molecule has 1 aliphatic carbocycles. The van der Waals surface area contributed by atoms with Gasteiger partial charge in [-0.15, -0.1) is 0 Å². The van der Waals surface area contributed by atoms with E-state index in [4.69, 9.17) is 0 Å². The number of phenols is 2. The van der Waals surface area contributed by atoms with Crippen molar-refractivity contribution in [1.29, 1.82) is 0 Å². The second kappa shape index (κ2) is 6.10. The first-order valence-electron chi connectivity index (χ1n) is 7.32. The number of fused-ring (bicyclic) bond motifs is 1. The fourth-order valence-corrected chi connectivity index (χ4v) is 3.36. The largest absolute Gasteiger partial charge is 0.504 e. The van der Waals surface area contributed by atoms with Gasteiger partial charge in [-0.1, -0.05) is 27.8 Å². The Balaban J connectivity index is 2.04. The van der Waals surface area contributed by atoms with Crippen molar-refractivity contribution < 1.29 is 15.0 Å². The van der Waals surface area contributed by atoms with E-state index in [9.17, 15) is 15.0 Å². The van der Waals surface area contributed by atoms with Gasteiger partial charge in [0.1, 0.15) is 0 Å². The van der Waals surface area contributed by atoms with Crippen molar-refractivity contribution in [3.63, 3.8) is 0 Å². The maximum atomic E-state index is 11.3. The third-order valence-electron chi connectivity index (χ3n) is 4.27. The molecule has 23 heavy (non-hydrogen) atoms. The van der Waals surface area contributed by atoms with Crippen LogP contribution < -0.4 is 0 Å². The molecule has 0 fully saturated rings. The highest BCUT2D eigenvalue weighted by molar-refractivity contribution is 9.10. The summed E-state index contributed by atoms with van der Waals surface area (Å²) in [4.78, 5) is 11.3. The van der Waals surface area contributed by atoms with E-state index in [0.717, 1.165) is 27.6 Å². The minimum Gasteiger partial charge on any atom is -0.504 e. The Hall–Kier alpha value is -2.25. The van der Waals surface area contributed by atoms with E-state index in [-0.39, 0.29) is 23.0 Å². The first kappa shape index (κ1) is 15.6. The molecule has 3 nitrogen and oxygen atoms in total. The maximum absolute atomic E-state index is 11.3. The van der Waals surface area contributed by atoms with E-state index in [1.54, 1.807) is 6.92 Å². The third-order valence-corrected chi connectivity index (χ3v) is 4.80. The van der Waals surface area contributed by atoms with Gasteiger partial charge in [0.25, 0.3) is 0 Å². The summed E-state index contributed by atoms with van der Waals surface area (Å²) in [5.74, 6) is 5.81. The highest BCUT2D eigenvalue weighted by Crippen LogP contribution is 2.45. The lowest BCUT2D eigenvalue weighted by atomic mass is 9.92. The maximum Gasteiger partial charge on any atom is 0.168 e. The molecule has 0 saturated heterocycles. The molecule has 1 unspecified atom stereocenters. The van der Waals surface area contributed by atoms with E-state index in [1.807, 2.05) is 24.3 Å². The predicted octanol–water partition coefficient (Wildman–Crippen LogP) is 4.06. The summed E-state index contributed by atoms with van der Waals surface area (Å²) in [6.07, 6.45) is 2.07. The van der Waals surface area contributed by atoms with Crippen LogP contribution in [0, 0.1) is 18.8 Å². The molecule has 0 bridgehead atoms. The van der Waals surface area contributed by atoms with Gasteiger partial charge in [0.2, 0.25) is 0 Å². The number of hydrogen-bond acceptors (Lipinski definition) is 3. The number of rotatable bonds is 1. The van der Waals surface area contributed by atoms with Crippen molar-refractivity contribution in [3.05, 3.63) is 56.6 Å². The first-order chi connectivity index (χ1) is 11.0. The molecule has 4 heteroatoms. The van der Waals surface area contributed by atoms with Crippen molar-refractivity contribution in [2.75, 3.05) is 0 Å². The molecule has 0 aliphatic heterocycles. The summed E-state index contributed by atoms with van der Waals surface area (Å²) in [5.41, 5.74) is 3.40. The minimum atomic E-state index is -0.322. The summed E-state index contributed by atoms with van der Waals surface area (Å²) >= 11 is 3.39. The van der Waals surface area contributed by atoms with Crippen LogP contribution in [0.25, 0.3) is 0 Å². The van der Waals surface area contributed by atoms with Crippen LogP contribution in [0.2, 0.25) is 0 Å². The number of aromatic hydroxyl groups is 2. The number of hydrogen-bond donors (Lipinski definition) is 2. The van der Waals surface area contributed by atoms with Gasteiger partial charge in [0.15, 0.2) is 17.8 Å². The predicted molar refractivity (Wildman–Crippen MR) is 92.0 cm³/mol. The van der Waals surface area contributed by atoms with Gasteiger partial charge in [-0.3, -0.25) is 4.79 Å². The molecule has 0 radical (unpaired) electrons. The van der Waals surface area contributed by atoms with Crippen LogP contribution in [-0.2, 0) is 6.42 Å². The molecule has 1 aliphatic rings. The van der Waals surface area contributed by atoms with Crippen LogP contribution >= 0.6 is 15.9 Å². The first-order valence-corrected chi connectivity index (χ1v) is 8.11. The Bertz CT molecular complexity index is 842. The molecule has 0 spiro atoms. The molecule has 2 N–H and O–H groups in total. The molecule has 2 aromatic carbocycles. The molecule has 0 amide bonds. The Labute approximate surface area is 143 Å². The van der Waals surface area contributed by atoms with Gasteiger partial charge in [0, 0.05) is 16.0 Å². The van der Waals surface area contributed by atoms with Crippen molar-refractivity contribution in [2.45, 2.75) is 25.7 Å². The Morgan fingerprint density at radius 1 is 1.22 bits per heavy atom. The Kier molecular flexibility index (Phi) is 4.14. The standard InChI is InChI=1S/C19H15BrO3/c1-11-17-13(5-2-12-3-7-14(20)8-4-12)6-9-15(17)16(10-21)19(23)18(11)22/h3-4,7-8,10,13,22-23H,6,9H2,1H3. The molecule has 0 aromatic heterocycles. The van der Waals surface area contributed by atoms with E-state index in [1.165, 1.54) is 0 Å². The number of aldehydes is 1. The van der Waals surface area contributed by atoms with Crippen LogP contribution in [0.3, 0.4) is 0 Å². The lowest BCUT2D eigenvalue weighted by molar-refractivity contribution is 0.111. The monoisotopic (exact) mass is 370 g/mol. The number of halogens is 1. The van der Waals surface area contributed by atoms with Gasteiger partial charge >= 0.3 is 0 Å². The summed E-state index contributed by atoms with van der Waals surface area (Å²) in [6, 6.07) is 7.74. The molecule has 2 aromatic rings. The number of carbonyl (C=O) groups excluding carboxylic acids is 1. The molecule has 0 heterocycles. The van der Waals surface area contributed by atoms with Crippen LogP contribution in [0.15, 0.2) is 28.7 Å². The smallest absolute Gasteiger partial charge is 0.168 e. The van der Waals surface area contributed by atoms with E-state index in [2.05, 4.69) is 27.8 Å². The molecule has 116 valence electrons. The third kappa shape index (κ3) is 2.73. The van der Waals surface area contributed by atoms with Crippen molar-refractivity contribution in [2.24, 2.45) is 0 Å². The number of phenolic OH excluding ortho intramolecular Hbond substituents is 2. The second-order valence-corrected chi connectivity index (χ2v) is 6.53. The SMILES string of the molecule is Cc1c(O)c(O)c(C=O)c2c1C(C#Cc1ccc(Br)cc1)CC2. The topological polar surface area (TPSA) is 57.5 Å². The van der Waals surface area contributed by atoms with Gasteiger partial charge in [-0.05, 0) is 60.7 Å². The van der Waals surface area contributed by atoms with Crippen LogP contribution in [0.5, 0.6) is 11.5 Å². The van der Waals surface area contributed by atoms with Crippen molar-refractivity contribution >= 4 is 22.2 Å². The average molecular weight is 371 g/mol. The fraction of sp³-hybridized carbons (Fsp3) is 0.211. The number of carbonyl (C=O) groups is 1. The van der Waals surface area contributed by atoms with Gasteiger partial charge < -0.3 is 10.2 Å². The summed E-state index contributed by atoms with van der Waals surface area (Å²) in [6.45, 7) is 1.75. The van der Waals surface area contributed by atoms with Crippen LogP contribution in [-0.4, -0.2) is 16.5 Å². The van der Waals surface area contributed by atoms with E-state index >= 15 is 0 Å². The lowest BCUT2D eigenvalue weighted by Crippen LogP contribution is -1.99. The van der Waals surface area contributed by atoms with Gasteiger partial charge in [-0.2, -0.15) is 0 Å². The van der Waals surface area contributed by atoms with Crippen LogP contribution in [0.4, 0.5) is 0 Å². The highest BCUT2D eigenvalue weighted by Gasteiger charge is 2.30. The zero-order chi connectivity index (χ0) is 16.6. The molecule has 0 saturated carbocycles. The molecular weight excluding hydrogens is 356 g/mol. The zero-order valence-electron chi connectivity index (χ0n) is 12.6. The Morgan fingerprint density at radius 2 is 1.91 bits per heavy atom. The number of benzene rings is 2. The fourth-order valence-electron chi connectivity index (χ4n) is 3.10. The zero-order valence-corrected chi connectivity index (χ0v) is 14.1. The minimum absolute atomic E-state index is 0.0427. The quantitative estimate of drug-likeness (QED) is 0.452. The molecule has 3 rings (SSSR count). The summed E-state index contributed by atoms with van der Waals surface area (Å²) < 4.78 is 1.00. The molecular formula is C19H15BrO3. The lowest BCUT2D eigenvalue weighted by Gasteiger charge is -2.14. The summed E-state index contributed by atoms with van der Waals surface area (Å²) in [7, 11) is 0. The summed E-state index contributed by atoms with van der Waals surface area (Å²) in [5, 5.41) is 20.0. The van der Waals surface area contributed by atoms with Crippen molar-refractivity contribution in [1.82, 2.24) is 0 Å². The van der Waals surface area contributed by atoms with Crippen LogP contribution in [0.1, 0.15) is 45.0 Å². The second-order valence-electron chi connectivity index (χ2n) is 5.61. The normalized spacial score (nSPS) is 15.7. The van der Waals surface area contributed by atoms with E-state index < -0.39 is 0 Å². The van der Waals surface area contributed by atoms with Crippen molar-refractivity contribution in [3.8, 4) is 23.3 Å². The average Bonchev–Trinajstić information content (AvgIpc) is 2.96. The molecule has 1 atom stereocenters. The van der Waals surface area contributed by atoms with E-state index in [0.29, 0.717) is 18.3 Å². The highest BCUT2D eigenvalue weighted by atomic mass is 79.9. The van der Waals surface area contributed by atoms with Gasteiger partial charge in [-0.25, -0.2) is 0 Å². The van der Waals surface area contributed by atoms with Gasteiger partial charge in [0.05, 0.1) is 5.56 Å².